The zero-order valence-corrected chi connectivity index (χ0v) is 8.32. The number of phenolic OH excluding ortho intramolecular Hbond substituents is 1. The van der Waals surface area contributed by atoms with Crippen LogP contribution in [-0.2, 0) is 0 Å². The molecule has 2 heteroatoms. The van der Waals surface area contributed by atoms with Crippen molar-refractivity contribution in [1.82, 2.24) is 0 Å². The van der Waals surface area contributed by atoms with Gasteiger partial charge in [-0.1, -0.05) is 24.3 Å². The molecule has 0 atom stereocenters. The molecular formula is C13H10O2. The number of hydrogen-bond donors (Lipinski definition) is 1. The Kier molecular flexibility index (Phi) is 1.54. The molecule has 2 aromatic carbocycles. The second-order valence-electron chi connectivity index (χ2n) is 3.72. The highest BCUT2D eigenvalue weighted by molar-refractivity contribution is 6.07. The minimum atomic E-state index is 0.271. The lowest BCUT2D eigenvalue weighted by molar-refractivity contribution is 0.481. The number of aryl methyl sites for hydroxylation is 1. The van der Waals surface area contributed by atoms with Crippen molar-refractivity contribution in [1.29, 1.82) is 0 Å². The van der Waals surface area contributed by atoms with Crippen molar-refractivity contribution < 1.29 is 9.52 Å². The number of benzene rings is 2. The summed E-state index contributed by atoms with van der Waals surface area (Å²) in [6.45, 7) is 1.91. The van der Waals surface area contributed by atoms with Gasteiger partial charge in [0.1, 0.15) is 17.1 Å². The van der Waals surface area contributed by atoms with Crippen LogP contribution in [0.4, 0.5) is 0 Å². The first-order chi connectivity index (χ1) is 7.25. The number of hydrogen-bond acceptors (Lipinski definition) is 2. The zero-order chi connectivity index (χ0) is 10.4. The van der Waals surface area contributed by atoms with Gasteiger partial charge in [-0.25, -0.2) is 0 Å². The molecule has 0 amide bonds. The van der Waals surface area contributed by atoms with E-state index in [4.69, 9.17) is 4.42 Å². The van der Waals surface area contributed by atoms with Gasteiger partial charge in [-0.05, 0) is 24.4 Å². The van der Waals surface area contributed by atoms with E-state index in [2.05, 4.69) is 0 Å². The second-order valence-corrected chi connectivity index (χ2v) is 3.72. The van der Waals surface area contributed by atoms with Gasteiger partial charge in [-0.3, -0.25) is 0 Å². The first-order valence-corrected chi connectivity index (χ1v) is 4.86. The van der Waals surface area contributed by atoms with Gasteiger partial charge in [-0.15, -0.1) is 0 Å². The fourth-order valence-corrected chi connectivity index (χ4v) is 1.98. The largest absolute Gasteiger partial charge is 0.507 e. The third kappa shape index (κ3) is 1.11. The molecule has 2 nitrogen and oxygen atoms in total. The number of furan rings is 1. The lowest BCUT2D eigenvalue weighted by Gasteiger charge is -2.00. The van der Waals surface area contributed by atoms with Crippen molar-refractivity contribution in [2.75, 3.05) is 0 Å². The van der Waals surface area contributed by atoms with E-state index < -0.39 is 0 Å². The Labute approximate surface area is 86.7 Å². The lowest BCUT2D eigenvalue weighted by atomic mass is 10.1. The molecule has 0 saturated heterocycles. The van der Waals surface area contributed by atoms with Crippen LogP contribution >= 0.6 is 0 Å². The van der Waals surface area contributed by atoms with Gasteiger partial charge in [0.25, 0.3) is 0 Å². The quantitative estimate of drug-likeness (QED) is 0.598. The fraction of sp³-hybridized carbons (Fsp3) is 0.0769. The maximum Gasteiger partial charge on any atom is 0.145 e. The molecule has 0 aliphatic heterocycles. The van der Waals surface area contributed by atoms with E-state index in [0.717, 1.165) is 27.5 Å². The van der Waals surface area contributed by atoms with Gasteiger partial charge in [0, 0.05) is 5.39 Å². The summed E-state index contributed by atoms with van der Waals surface area (Å²) >= 11 is 0. The van der Waals surface area contributed by atoms with Crippen LogP contribution in [0.3, 0.4) is 0 Å². The van der Waals surface area contributed by atoms with Crippen LogP contribution in [0.5, 0.6) is 5.75 Å². The Balaban J connectivity index is 2.62. The van der Waals surface area contributed by atoms with Crippen LogP contribution < -0.4 is 0 Å². The third-order valence-electron chi connectivity index (χ3n) is 2.63. The van der Waals surface area contributed by atoms with Crippen molar-refractivity contribution in [3.8, 4) is 5.75 Å². The highest BCUT2D eigenvalue weighted by Crippen LogP contribution is 2.33. The second kappa shape index (κ2) is 2.76. The van der Waals surface area contributed by atoms with Crippen molar-refractivity contribution in [3.05, 3.63) is 42.2 Å². The molecule has 1 heterocycles. The van der Waals surface area contributed by atoms with Crippen LogP contribution in [0.15, 0.2) is 40.8 Å². The molecule has 0 saturated carbocycles. The summed E-state index contributed by atoms with van der Waals surface area (Å²) in [5.41, 5.74) is 0.767. The van der Waals surface area contributed by atoms with E-state index in [1.54, 1.807) is 6.07 Å². The molecule has 15 heavy (non-hydrogen) atoms. The van der Waals surface area contributed by atoms with Gasteiger partial charge in [-0.2, -0.15) is 0 Å². The Bertz CT molecular complexity index is 650. The van der Waals surface area contributed by atoms with E-state index in [1.807, 2.05) is 37.3 Å². The minimum Gasteiger partial charge on any atom is -0.507 e. The van der Waals surface area contributed by atoms with E-state index >= 15 is 0 Å². The normalized spacial score (nSPS) is 11.3. The fourth-order valence-electron chi connectivity index (χ4n) is 1.98. The van der Waals surface area contributed by atoms with Crippen LogP contribution in [0.2, 0.25) is 0 Å². The smallest absolute Gasteiger partial charge is 0.145 e. The van der Waals surface area contributed by atoms with Gasteiger partial charge in [0.15, 0.2) is 0 Å². The SMILES string of the molecule is Cc1cc2ccc3cccc(O)c3c2o1. The van der Waals surface area contributed by atoms with Gasteiger partial charge >= 0.3 is 0 Å². The van der Waals surface area contributed by atoms with Crippen LogP contribution in [-0.4, -0.2) is 5.11 Å². The highest BCUT2D eigenvalue weighted by Gasteiger charge is 2.08. The zero-order valence-electron chi connectivity index (χ0n) is 8.32. The monoisotopic (exact) mass is 198 g/mol. The maximum absolute atomic E-state index is 9.82. The van der Waals surface area contributed by atoms with Crippen LogP contribution in [0, 0.1) is 6.92 Å². The van der Waals surface area contributed by atoms with E-state index in [9.17, 15) is 5.11 Å². The van der Waals surface area contributed by atoms with Gasteiger partial charge in [0.2, 0.25) is 0 Å². The molecular weight excluding hydrogens is 188 g/mol. The van der Waals surface area contributed by atoms with E-state index in [1.165, 1.54) is 0 Å². The Morgan fingerprint density at radius 2 is 1.87 bits per heavy atom. The molecule has 0 bridgehead atoms. The molecule has 0 fully saturated rings. The van der Waals surface area contributed by atoms with Gasteiger partial charge in [0.05, 0.1) is 5.39 Å². The van der Waals surface area contributed by atoms with Crippen LogP contribution in [0.25, 0.3) is 21.7 Å². The number of phenols is 1. The topological polar surface area (TPSA) is 33.4 Å². The van der Waals surface area contributed by atoms with Crippen LogP contribution in [0.1, 0.15) is 5.76 Å². The number of rotatable bonds is 0. The first-order valence-electron chi connectivity index (χ1n) is 4.86. The predicted molar refractivity (Wildman–Crippen MR) is 60.1 cm³/mol. The summed E-state index contributed by atoms with van der Waals surface area (Å²) in [6, 6.07) is 11.5. The number of aromatic hydroxyl groups is 1. The molecule has 0 aliphatic rings. The summed E-state index contributed by atoms with van der Waals surface area (Å²) in [6.07, 6.45) is 0. The Morgan fingerprint density at radius 3 is 2.73 bits per heavy atom. The number of fused-ring (bicyclic) bond motifs is 3. The molecule has 3 rings (SSSR count). The molecule has 74 valence electrons. The average molecular weight is 198 g/mol. The molecule has 0 unspecified atom stereocenters. The van der Waals surface area contributed by atoms with E-state index in [-0.39, 0.29) is 5.75 Å². The average Bonchev–Trinajstić information content (AvgIpc) is 2.58. The summed E-state index contributed by atoms with van der Waals surface area (Å²) < 4.78 is 5.60. The van der Waals surface area contributed by atoms with Crippen molar-refractivity contribution in [2.24, 2.45) is 0 Å². The van der Waals surface area contributed by atoms with E-state index in [0.29, 0.717) is 0 Å². The summed E-state index contributed by atoms with van der Waals surface area (Å²) in [4.78, 5) is 0. The molecule has 3 aromatic rings. The summed E-state index contributed by atoms with van der Waals surface area (Å²) in [7, 11) is 0. The summed E-state index contributed by atoms with van der Waals surface area (Å²) in [5, 5.41) is 12.6. The molecule has 1 aromatic heterocycles. The summed E-state index contributed by atoms with van der Waals surface area (Å²) in [5.74, 6) is 1.13. The Morgan fingerprint density at radius 1 is 1.07 bits per heavy atom. The van der Waals surface area contributed by atoms with Gasteiger partial charge < -0.3 is 9.52 Å². The first kappa shape index (κ1) is 8.36. The third-order valence-corrected chi connectivity index (χ3v) is 2.63. The standard InChI is InChI=1S/C13H10O2/c1-8-7-10-6-5-9-3-2-4-11(14)12(9)13(10)15-8/h2-7,14H,1H3. The Hall–Kier alpha value is -1.96. The van der Waals surface area contributed by atoms with Crippen molar-refractivity contribution >= 4 is 21.7 Å². The molecule has 0 spiro atoms. The maximum atomic E-state index is 9.82. The molecule has 0 aliphatic carbocycles. The predicted octanol–water partition coefficient (Wildman–Crippen LogP) is 3.60. The molecule has 0 radical (unpaired) electrons. The molecule has 1 N–H and O–H groups in total. The lowest BCUT2D eigenvalue weighted by Crippen LogP contribution is -1.74. The highest BCUT2D eigenvalue weighted by atomic mass is 16.3. The van der Waals surface area contributed by atoms with Crippen molar-refractivity contribution in [2.45, 2.75) is 6.92 Å². The van der Waals surface area contributed by atoms with Crippen molar-refractivity contribution in [3.63, 3.8) is 0 Å². The minimum absolute atomic E-state index is 0.271.